The second kappa shape index (κ2) is 4.78. The Balaban J connectivity index is 2.85. The first-order valence-corrected chi connectivity index (χ1v) is 5.55. The molecule has 5 heteroatoms. The molecule has 16 heavy (non-hydrogen) atoms. The van der Waals surface area contributed by atoms with Gasteiger partial charge in [-0.25, -0.2) is 9.97 Å². The third-order valence-electron chi connectivity index (χ3n) is 2.55. The molecule has 1 N–H and O–H groups in total. The van der Waals surface area contributed by atoms with E-state index in [1.807, 2.05) is 20.8 Å². The van der Waals surface area contributed by atoms with Crippen molar-refractivity contribution in [3.8, 4) is 0 Å². The van der Waals surface area contributed by atoms with Crippen LogP contribution in [-0.4, -0.2) is 15.9 Å². The largest absolute Gasteiger partial charge is 0.294 e. The Bertz CT molecular complexity index is 384. The third kappa shape index (κ3) is 3.17. The minimum Gasteiger partial charge on any atom is -0.294 e. The molecule has 0 fully saturated rings. The van der Waals surface area contributed by atoms with Crippen LogP contribution in [0.15, 0.2) is 6.07 Å². The monoisotopic (exact) mass is 241 g/mol. The van der Waals surface area contributed by atoms with Crippen LogP contribution < -0.4 is 5.32 Å². The van der Waals surface area contributed by atoms with Gasteiger partial charge in [0.2, 0.25) is 11.9 Å². The lowest BCUT2D eigenvalue weighted by atomic mass is 9.89. The van der Waals surface area contributed by atoms with Gasteiger partial charge in [0.05, 0.1) is 0 Å². The minimum atomic E-state index is -0.431. The molecule has 0 unspecified atom stereocenters. The van der Waals surface area contributed by atoms with E-state index >= 15 is 0 Å². The van der Waals surface area contributed by atoms with Gasteiger partial charge in [0.1, 0.15) is 5.15 Å². The predicted molar refractivity (Wildman–Crippen MR) is 64.5 cm³/mol. The molecule has 0 saturated carbocycles. The summed E-state index contributed by atoms with van der Waals surface area (Å²) in [6, 6.07) is 1.64. The van der Waals surface area contributed by atoms with Crippen LogP contribution in [0.1, 0.15) is 32.9 Å². The summed E-state index contributed by atoms with van der Waals surface area (Å²) < 4.78 is 0. The van der Waals surface area contributed by atoms with Crippen molar-refractivity contribution in [3.05, 3.63) is 16.9 Å². The van der Waals surface area contributed by atoms with Crippen molar-refractivity contribution in [1.29, 1.82) is 0 Å². The van der Waals surface area contributed by atoms with Gasteiger partial charge < -0.3 is 0 Å². The average molecular weight is 242 g/mol. The Morgan fingerprint density at radius 1 is 1.50 bits per heavy atom. The second-order valence-corrected chi connectivity index (χ2v) is 4.73. The van der Waals surface area contributed by atoms with Crippen molar-refractivity contribution < 1.29 is 4.79 Å². The molecule has 1 heterocycles. The topological polar surface area (TPSA) is 54.9 Å². The van der Waals surface area contributed by atoms with E-state index in [1.54, 1.807) is 13.0 Å². The maximum atomic E-state index is 11.9. The number of nitrogens with one attached hydrogen (secondary N) is 1. The van der Waals surface area contributed by atoms with Gasteiger partial charge >= 0.3 is 0 Å². The van der Waals surface area contributed by atoms with E-state index in [0.29, 0.717) is 5.15 Å². The highest BCUT2D eigenvalue weighted by Gasteiger charge is 2.25. The quantitative estimate of drug-likeness (QED) is 0.828. The fraction of sp³-hybridized carbons (Fsp3) is 0.545. The summed E-state index contributed by atoms with van der Waals surface area (Å²) in [5.41, 5.74) is 0.296. The third-order valence-corrected chi connectivity index (χ3v) is 2.74. The Kier molecular flexibility index (Phi) is 3.86. The highest BCUT2D eigenvalue weighted by atomic mass is 35.5. The van der Waals surface area contributed by atoms with E-state index in [2.05, 4.69) is 15.3 Å². The summed E-state index contributed by atoms with van der Waals surface area (Å²) in [5, 5.41) is 3.00. The Morgan fingerprint density at radius 3 is 2.62 bits per heavy atom. The number of halogens is 1. The molecule has 0 aliphatic heterocycles. The van der Waals surface area contributed by atoms with Gasteiger partial charge in [-0.15, -0.1) is 0 Å². The molecule has 0 aromatic carbocycles. The van der Waals surface area contributed by atoms with Crippen LogP contribution in [0.4, 0.5) is 5.95 Å². The Hall–Kier alpha value is -1.16. The van der Waals surface area contributed by atoms with Gasteiger partial charge in [0.25, 0.3) is 0 Å². The van der Waals surface area contributed by atoms with Crippen molar-refractivity contribution in [1.82, 2.24) is 9.97 Å². The van der Waals surface area contributed by atoms with E-state index in [-0.39, 0.29) is 11.9 Å². The van der Waals surface area contributed by atoms with Crippen LogP contribution >= 0.6 is 11.6 Å². The van der Waals surface area contributed by atoms with Crippen LogP contribution in [0.3, 0.4) is 0 Å². The highest BCUT2D eigenvalue weighted by molar-refractivity contribution is 6.29. The van der Waals surface area contributed by atoms with Gasteiger partial charge in [-0.2, -0.15) is 0 Å². The van der Waals surface area contributed by atoms with E-state index in [0.717, 1.165) is 12.1 Å². The molecule has 0 aliphatic rings. The van der Waals surface area contributed by atoms with Crippen molar-refractivity contribution in [2.75, 3.05) is 5.32 Å². The number of nitrogens with zero attached hydrogens (tertiary/aromatic N) is 2. The van der Waals surface area contributed by atoms with Crippen molar-refractivity contribution >= 4 is 23.5 Å². The number of carbonyl (C=O) groups excluding carboxylic acids is 1. The van der Waals surface area contributed by atoms with Gasteiger partial charge in [0.15, 0.2) is 0 Å². The SMILES string of the molecule is CCC(C)(C)C(=O)Nc1nc(C)cc(Cl)n1. The van der Waals surface area contributed by atoms with Crippen molar-refractivity contribution in [2.24, 2.45) is 5.41 Å². The maximum Gasteiger partial charge on any atom is 0.232 e. The zero-order valence-electron chi connectivity index (χ0n) is 9.97. The minimum absolute atomic E-state index is 0.100. The van der Waals surface area contributed by atoms with E-state index in [9.17, 15) is 4.79 Å². The zero-order chi connectivity index (χ0) is 12.3. The molecular formula is C11H16ClN3O. The van der Waals surface area contributed by atoms with E-state index < -0.39 is 5.41 Å². The molecule has 1 amide bonds. The first-order valence-electron chi connectivity index (χ1n) is 5.18. The number of carbonyl (C=O) groups is 1. The lowest BCUT2D eigenvalue weighted by molar-refractivity contribution is -0.124. The maximum absolute atomic E-state index is 11.9. The molecule has 4 nitrogen and oxygen atoms in total. The fourth-order valence-electron chi connectivity index (χ4n) is 1.02. The summed E-state index contributed by atoms with van der Waals surface area (Å²) in [7, 11) is 0. The van der Waals surface area contributed by atoms with Crippen LogP contribution in [0, 0.1) is 12.3 Å². The average Bonchev–Trinajstić information content (AvgIpc) is 2.15. The first kappa shape index (κ1) is 12.9. The summed E-state index contributed by atoms with van der Waals surface area (Å²) in [6.07, 6.45) is 0.748. The molecule has 88 valence electrons. The lowest BCUT2D eigenvalue weighted by Gasteiger charge is -2.20. The molecular weight excluding hydrogens is 226 g/mol. The van der Waals surface area contributed by atoms with E-state index in [1.165, 1.54) is 0 Å². The normalized spacial score (nSPS) is 11.3. The summed E-state index contributed by atoms with van der Waals surface area (Å²) in [6.45, 7) is 7.51. The van der Waals surface area contributed by atoms with Crippen LogP contribution in [0.25, 0.3) is 0 Å². The van der Waals surface area contributed by atoms with Crippen molar-refractivity contribution in [3.63, 3.8) is 0 Å². The molecule has 1 rings (SSSR count). The van der Waals surface area contributed by atoms with Gasteiger partial charge in [-0.1, -0.05) is 32.4 Å². The second-order valence-electron chi connectivity index (χ2n) is 4.35. The molecule has 1 aromatic heterocycles. The Labute approximate surface area is 100 Å². The van der Waals surface area contributed by atoms with Gasteiger partial charge in [0, 0.05) is 11.1 Å². The Morgan fingerprint density at radius 2 is 2.12 bits per heavy atom. The predicted octanol–water partition coefficient (Wildman–Crippen LogP) is 2.81. The van der Waals surface area contributed by atoms with Gasteiger partial charge in [-0.3, -0.25) is 10.1 Å². The number of aryl methyl sites for hydroxylation is 1. The standard InChI is InChI=1S/C11H16ClN3O/c1-5-11(3,4)9(16)15-10-13-7(2)6-8(12)14-10/h6H,5H2,1-4H3,(H,13,14,15,16). The molecule has 0 radical (unpaired) electrons. The smallest absolute Gasteiger partial charge is 0.232 e. The summed E-state index contributed by atoms with van der Waals surface area (Å²) >= 11 is 5.78. The highest BCUT2D eigenvalue weighted by Crippen LogP contribution is 2.21. The molecule has 0 bridgehead atoms. The number of aromatic nitrogens is 2. The molecule has 0 saturated heterocycles. The molecule has 0 spiro atoms. The summed E-state index contributed by atoms with van der Waals surface area (Å²) in [5.74, 6) is 0.160. The molecule has 0 aliphatic carbocycles. The van der Waals surface area contributed by atoms with E-state index in [4.69, 9.17) is 11.6 Å². The number of rotatable bonds is 3. The van der Waals surface area contributed by atoms with Crippen LogP contribution in [-0.2, 0) is 4.79 Å². The fourth-order valence-corrected chi connectivity index (χ4v) is 1.26. The number of amides is 1. The summed E-state index contributed by atoms with van der Waals surface area (Å²) in [4.78, 5) is 19.9. The zero-order valence-corrected chi connectivity index (χ0v) is 10.7. The van der Waals surface area contributed by atoms with Gasteiger partial charge in [-0.05, 0) is 19.4 Å². The number of hydrogen-bond acceptors (Lipinski definition) is 3. The molecule has 1 aromatic rings. The van der Waals surface area contributed by atoms with Crippen LogP contribution in [0.2, 0.25) is 5.15 Å². The first-order chi connectivity index (χ1) is 7.35. The number of anilines is 1. The lowest BCUT2D eigenvalue weighted by Crippen LogP contribution is -2.30. The van der Waals surface area contributed by atoms with Crippen molar-refractivity contribution in [2.45, 2.75) is 34.1 Å². The van der Waals surface area contributed by atoms with Crippen LogP contribution in [0.5, 0.6) is 0 Å². The number of hydrogen-bond donors (Lipinski definition) is 1. The molecule has 0 atom stereocenters.